The van der Waals surface area contributed by atoms with Crippen molar-refractivity contribution >= 4 is 27.5 Å². The van der Waals surface area contributed by atoms with E-state index >= 15 is 0 Å². The van der Waals surface area contributed by atoms with Crippen LogP contribution in [0.2, 0.25) is 0 Å². The van der Waals surface area contributed by atoms with E-state index in [4.69, 9.17) is 0 Å². The van der Waals surface area contributed by atoms with Gasteiger partial charge in [0.1, 0.15) is 0 Å². The van der Waals surface area contributed by atoms with Gasteiger partial charge < -0.3 is 10.2 Å². The molecule has 3 aromatic carbocycles. The predicted octanol–water partition coefficient (Wildman–Crippen LogP) is 4.04. The van der Waals surface area contributed by atoms with E-state index in [1.54, 1.807) is 36.4 Å². The lowest BCUT2D eigenvalue weighted by Crippen LogP contribution is -2.35. The minimum Gasteiger partial charge on any atom is -0.348 e. The smallest absolute Gasteiger partial charge is 0.261 e. The lowest BCUT2D eigenvalue weighted by Gasteiger charge is -2.26. The van der Waals surface area contributed by atoms with Crippen molar-refractivity contribution in [1.29, 1.82) is 0 Å². The van der Waals surface area contributed by atoms with Gasteiger partial charge in [-0.3, -0.25) is 14.3 Å². The molecule has 0 radical (unpaired) electrons. The highest BCUT2D eigenvalue weighted by molar-refractivity contribution is 7.92. The summed E-state index contributed by atoms with van der Waals surface area (Å²) in [5, 5.41) is 2.83. The van der Waals surface area contributed by atoms with Gasteiger partial charge in [-0.2, -0.15) is 0 Å². The molecule has 1 aliphatic heterocycles. The number of likely N-dealkylation sites (tertiary alicyclic amines) is 1. The van der Waals surface area contributed by atoms with E-state index in [0.717, 1.165) is 37.9 Å². The van der Waals surface area contributed by atoms with E-state index < -0.39 is 10.0 Å². The summed E-state index contributed by atoms with van der Waals surface area (Å²) in [6, 6.07) is 21.6. The monoisotopic (exact) mass is 477 g/mol. The number of para-hydroxylation sites is 1. The van der Waals surface area contributed by atoms with Crippen LogP contribution in [0.5, 0.6) is 0 Å². The van der Waals surface area contributed by atoms with Gasteiger partial charge >= 0.3 is 0 Å². The fourth-order valence-corrected chi connectivity index (χ4v) is 4.94. The van der Waals surface area contributed by atoms with Crippen LogP contribution >= 0.6 is 0 Å². The predicted molar refractivity (Wildman–Crippen MR) is 131 cm³/mol. The minimum absolute atomic E-state index is 0.0220. The lowest BCUT2D eigenvalue weighted by molar-refractivity contribution is 0.0724. The SMILES string of the molecule is O=C(NCc1cccc(C(=O)N2CCCCC2)c1)c1ccc(S(=O)(=O)Nc2ccccc2)cc1. The molecule has 4 rings (SSSR count). The maximum absolute atomic E-state index is 12.7. The molecule has 176 valence electrons. The number of nitrogens with zero attached hydrogens (tertiary/aromatic N) is 1. The van der Waals surface area contributed by atoms with Gasteiger partial charge in [-0.05, 0) is 73.4 Å². The van der Waals surface area contributed by atoms with Crippen molar-refractivity contribution in [2.24, 2.45) is 0 Å². The van der Waals surface area contributed by atoms with Crippen molar-refractivity contribution in [1.82, 2.24) is 10.2 Å². The molecule has 0 saturated carbocycles. The zero-order valence-electron chi connectivity index (χ0n) is 18.7. The Morgan fingerprint density at radius 1 is 0.794 bits per heavy atom. The van der Waals surface area contributed by atoms with Crippen molar-refractivity contribution in [3.63, 3.8) is 0 Å². The summed E-state index contributed by atoms with van der Waals surface area (Å²) in [6.45, 7) is 1.83. The van der Waals surface area contributed by atoms with E-state index in [0.29, 0.717) is 16.8 Å². The molecule has 0 aliphatic carbocycles. The van der Waals surface area contributed by atoms with Gasteiger partial charge in [0, 0.05) is 36.4 Å². The Bertz CT molecular complexity index is 1250. The first-order valence-electron chi connectivity index (χ1n) is 11.3. The molecular weight excluding hydrogens is 450 g/mol. The van der Waals surface area contributed by atoms with Gasteiger partial charge in [0.2, 0.25) is 0 Å². The number of carbonyl (C=O) groups excluding carboxylic acids is 2. The Morgan fingerprint density at radius 2 is 1.50 bits per heavy atom. The van der Waals surface area contributed by atoms with Crippen LogP contribution in [0.15, 0.2) is 83.8 Å². The topological polar surface area (TPSA) is 95.6 Å². The number of anilines is 1. The number of amides is 2. The summed E-state index contributed by atoms with van der Waals surface area (Å²) in [6.07, 6.45) is 3.22. The zero-order chi connectivity index (χ0) is 24.0. The van der Waals surface area contributed by atoms with Gasteiger partial charge in [-0.25, -0.2) is 8.42 Å². The molecule has 0 aromatic heterocycles. The van der Waals surface area contributed by atoms with Gasteiger partial charge in [0.25, 0.3) is 21.8 Å². The zero-order valence-corrected chi connectivity index (χ0v) is 19.6. The molecule has 1 heterocycles. The Hall–Kier alpha value is -3.65. The fourth-order valence-electron chi connectivity index (χ4n) is 3.88. The number of piperidine rings is 1. The van der Waals surface area contributed by atoms with Crippen LogP contribution < -0.4 is 10.0 Å². The van der Waals surface area contributed by atoms with Crippen LogP contribution in [0.1, 0.15) is 45.5 Å². The van der Waals surface area contributed by atoms with E-state index in [2.05, 4.69) is 10.0 Å². The Morgan fingerprint density at radius 3 is 2.21 bits per heavy atom. The van der Waals surface area contributed by atoms with E-state index in [1.807, 2.05) is 23.1 Å². The highest BCUT2D eigenvalue weighted by Gasteiger charge is 2.19. The number of carbonyl (C=O) groups is 2. The van der Waals surface area contributed by atoms with Gasteiger partial charge in [-0.1, -0.05) is 30.3 Å². The number of rotatable bonds is 7. The second kappa shape index (κ2) is 10.5. The molecule has 0 unspecified atom stereocenters. The van der Waals surface area contributed by atoms with Gasteiger partial charge in [0.05, 0.1) is 4.90 Å². The lowest BCUT2D eigenvalue weighted by atomic mass is 10.1. The fraction of sp³-hybridized carbons (Fsp3) is 0.231. The molecule has 0 atom stereocenters. The average Bonchev–Trinajstić information content (AvgIpc) is 2.88. The standard InChI is InChI=1S/C26H27N3O4S/c30-25(21-12-14-24(15-13-21)34(32,33)28-23-10-3-1-4-11-23)27-19-20-8-7-9-22(18-20)26(31)29-16-5-2-6-17-29/h1,3-4,7-15,18,28H,2,5-6,16-17,19H2,(H,27,30). The number of benzene rings is 3. The minimum atomic E-state index is -3.75. The molecule has 34 heavy (non-hydrogen) atoms. The molecule has 1 fully saturated rings. The average molecular weight is 478 g/mol. The Balaban J connectivity index is 1.36. The van der Waals surface area contributed by atoms with Crippen LogP contribution in [0, 0.1) is 0 Å². The highest BCUT2D eigenvalue weighted by Crippen LogP contribution is 2.17. The first-order valence-corrected chi connectivity index (χ1v) is 12.7. The van der Waals surface area contributed by atoms with Crippen LogP contribution in [0.4, 0.5) is 5.69 Å². The van der Waals surface area contributed by atoms with Crippen molar-refractivity contribution in [3.05, 3.63) is 95.6 Å². The van der Waals surface area contributed by atoms with E-state index in [1.165, 1.54) is 24.3 Å². The quantitative estimate of drug-likeness (QED) is 0.537. The molecule has 7 nitrogen and oxygen atoms in total. The molecule has 1 saturated heterocycles. The second-order valence-corrected chi connectivity index (χ2v) is 9.91. The third-order valence-corrected chi connectivity index (χ3v) is 7.12. The molecule has 2 amide bonds. The number of hydrogen-bond acceptors (Lipinski definition) is 4. The summed E-state index contributed by atoms with van der Waals surface area (Å²) in [5.74, 6) is -0.304. The van der Waals surface area contributed by atoms with Crippen molar-refractivity contribution < 1.29 is 18.0 Å². The molecule has 0 spiro atoms. The van der Waals surface area contributed by atoms with Gasteiger partial charge in [0.15, 0.2) is 0 Å². The normalized spacial score (nSPS) is 13.8. The van der Waals surface area contributed by atoms with Crippen LogP contribution in [-0.2, 0) is 16.6 Å². The first-order chi connectivity index (χ1) is 16.4. The summed E-state index contributed by atoms with van der Waals surface area (Å²) >= 11 is 0. The summed E-state index contributed by atoms with van der Waals surface area (Å²) in [4.78, 5) is 27.3. The largest absolute Gasteiger partial charge is 0.348 e. The third kappa shape index (κ3) is 5.82. The van der Waals surface area contributed by atoms with Crippen molar-refractivity contribution in [3.8, 4) is 0 Å². The number of sulfonamides is 1. The molecular formula is C26H27N3O4S. The maximum atomic E-state index is 12.7. The summed E-state index contributed by atoms with van der Waals surface area (Å²) in [7, 11) is -3.75. The summed E-state index contributed by atoms with van der Waals surface area (Å²) in [5.41, 5.74) is 2.25. The Kier molecular flexibility index (Phi) is 7.27. The van der Waals surface area contributed by atoms with Gasteiger partial charge in [-0.15, -0.1) is 0 Å². The number of hydrogen-bond donors (Lipinski definition) is 2. The number of nitrogens with one attached hydrogen (secondary N) is 2. The van der Waals surface area contributed by atoms with E-state index in [-0.39, 0.29) is 23.3 Å². The van der Waals surface area contributed by atoms with Crippen molar-refractivity contribution in [2.45, 2.75) is 30.7 Å². The first kappa shape index (κ1) is 23.5. The van der Waals surface area contributed by atoms with Crippen LogP contribution in [0.3, 0.4) is 0 Å². The molecule has 3 aromatic rings. The summed E-state index contributed by atoms with van der Waals surface area (Å²) < 4.78 is 27.6. The molecule has 0 bridgehead atoms. The van der Waals surface area contributed by atoms with Crippen molar-refractivity contribution in [2.75, 3.05) is 17.8 Å². The Labute approximate surface area is 199 Å². The second-order valence-electron chi connectivity index (χ2n) is 8.23. The molecule has 8 heteroatoms. The van der Waals surface area contributed by atoms with Crippen LogP contribution in [-0.4, -0.2) is 38.2 Å². The van der Waals surface area contributed by atoms with Crippen LogP contribution in [0.25, 0.3) is 0 Å². The maximum Gasteiger partial charge on any atom is 0.261 e. The molecule has 1 aliphatic rings. The third-order valence-electron chi connectivity index (χ3n) is 5.72. The van der Waals surface area contributed by atoms with E-state index in [9.17, 15) is 18.0 Å². The highest BCUT2D eigenvalue weighted by atomic mass is 32.2. The molecule has 2 N–H and O–H groups in total.